The highest BCUT2D eigenvalue weighted by Crippen LogP contribution is 2.28. The van der Waals surface area contributed by atoms with Gasteiger partial charge in [0, 0.05) is 29.7 Å². The Balaban J connectivity index is 2.18. The van der Waals surface area contributed by atoms with Gasteiger partial charge < -0.3 is 10.1 Å². The molecule has 1 heterocycles. The monoisotopic (exact) mass is 310 g/mol. The van der Waals surface area contributed by atoms with E-state index in [0.29, 0.717) is 6.04 Å². The summed E-state index contributed by atoms with van der Waals surface area (Å²) in [5.41, 5.74) is 1.32. The summed E-state index contributed by atoms with van der Waals surface area (Å²) in [7, 11) is 2.05. The van der Waals surface area contributed by atoms with Crippen LogP contribution in [0.4, 0.5) is 0 Å². The number of likely N-dealkylation sites (N-methyl/N-ethyl adjacent to an activating group) is 1. The third kappa shape index (κ3) is 3.78. The molecule has 118 valence electrons. The molecule has 0 radical (unpaired) electrons. The average molecular weight is 311 g/mol. The maximum atomic E-state index is 6.34. The second-order valence-corrected chi connectivity index (χ2v) is 6.35. The minimum Gasteiger partial charge on any atom is -0.379 e. The minimum absolute atomic E-state index is 0.109. The third-order valence-electron chi connectivity index (χ3n) is 4.93. The van der Waals surface area contributed by atoms with Crippen LogP contribution in [0.3, 0.4) is 0 Å². The molecule has 2 rings (SSSR count). The van der Waals surface area contributed by atoms with E-state index in [-0.39, 0.29) is 5.54 Å². The number of nitrogens with one attached hydrogen (secondary N) is 1. The molecule has 0 aromatic heterocycles. The van der Waals surface area contributed by atoms with Gasteiger partial charge in [0.05, 0.1) is 13.2 Å². The van der Waals surface area contributed by atoms with E-state index < -0.39 is 0 Å². The predicted molar refractivity (Wildman–Crippen MR) is 89.1 cm³/mol. The molecule has 3 nitrogen and oxygen atoms in total. The highest BCUT2D eigenvalue weighted by molar-refractivity contribution is 6.31. The number of rotatable bonds is 6. The van der Waals surface area contributed by atoms with Crippen molar-refractivity contribution in [3.8, 4) is 0 Å². The van der Waals surface area contributed by atoms with Crippen LogP contribution in [0.25, 0.3) is 0 Å². The van der Waals surface area contributed by atoms with E-state index in [9.17, 15) is 0 Å². The summed E-state index contributed by atoms with van der Waals surface area (Å²) in [4.78, 5) is 2.56. The maximum absolute atomic E-state index is 6.34. The first kappa shape index (κ1) is 16.8. The molecule has 21 heavy (non-hydrogen) atoms. The van der Waals surface area contributed by atoms with E-state index in [1.165, 1.54) is 5.56 Å². The molecule has 1 aromatic rings. The molecule has 1 fully saturated rings. The van der Waals surface area contributed by atoms with Gasteiger partial charge in [-0.2, -0.15) is 0 Å². The smallest absolute Gasteiger partial charge is 0.0594 e. The van der Waals surface area contributed by atoms with Gasteiger partial charge in [-0.15, -0.1) is 0 Å². The molecule has 0 bridgehead atoms. The zero-order valence-electron chi connectivity index (χ0n) is 13.4. The fourth-order valence-electron chi connectivity index (χ4n) is 3.28. The first-order valence-electron chi connectivity index (χ1n) is 7.85. The van der Waals surface area contributed by atoms with Crippen LogP contribution in [0.15, 0.2) is 24.3 Å². The Hall–Kier alpha value is -0.610. The number of morpholine rings is 1. The Morgan fingerprint density at radius 3 is 2.57 bits per heavy atom. The summed E-state index contributed by atoms with van der Waals surface area (Å²) in [6.07, 6.45) is 2.04. The molecule has 0 amide bonds. The summed E-state index contributed by atoms with van der Waals surface area (Å²) < 4.78 is 5.51. The number of halogens is 1. The molecule has 0 spiro atoms. The van der Waals surface area contributed by atoms with Gasteiger partial charge >= 0.3 is 0 Å². The summed E-state index contributed by atoms with van der Waals surface area (Å²) >= 11 is 6.34. The van der Waals surface area contributed by atoms with E-state index in [1.807, 2.05) is 12.1 Å². The number of hydrogen-bond donors (Lipinski definition) is 1. The number of nitrogens with zero attached hydrogens (tertiary/aromatic N) is 1. The van der Waals surface area contributed by atoms with Crippen molar-refractivity contribution in [2.45, 2.75) is 38.3 Å². The van der Waals surface area contributed by atoms with Crippen LogP contribution in [0.2, 0.25) is 5.02 Å². The van der Waals surface area contributed by atoms with E-state index in [2.05, 4.69) is 43.2 Å². The summed E-state index contributed by atoms with van der Waals surface area (Å²) in [6.45, 7) is 8.30. The molecule has 1 N–H and O–H groups in total. The Morgan fingerprint density at radius 1 is 1.33 bits per heavy atom. The second kappa shape index (κ2) is 7.59. The second-order valence-electron chi connectivity index (χ2n) is 5.95. The fraction of sp³-hybridized carbons (Fsp3) is 0.647. The molecule has 0 aliphatic carbocycles. The van der Waals surface area contributed by atoms with Crippen LogP contribution in [-0.4, -0.2) is 49.8 Å². The highest BCUT2D eigenvalue weighted by Gasteiger charge is 2.38. The van der Waals surface area contributed by atoms with Crippen LogP contribution < -0.4 is 5.32 Å². The fourth-order valence-corrected chi connectivity index (χ4v) is 3.49. The van der Waals surface area contributed by atoms with Gasteiger partial charge in [-0.05, 0) is 38.4 Å². The number of benzene rings is 1. The summed E-state index contributed by atoms with van der Waals surface area (Å²) in [5.74, 6) is 0. The molecular formula is C17H27ClN2O. The first-order chi connectivity index (χ1) is 10.1. The van der Waals surface area contributed by atoms with Gasteiger partial charge in [-0.1, -0.05) is 36.7 Å². The zero-order valence-corrected chi connectivity index (χ0v) is 14.1. The summed E-state index contributed by atoms with van der Waals surface area (Å²) in [5, 5.41) is 4.38. The predicted octanol–water partition coefficient (Wildman–Crippen LogP) is 2.97. The van der Waals surface area contributed by atoms with Crippen molar-refractivity contribution in [3.63, 3.8) is 0 Å². The van der Waals surface area contributed by atoms with Crippen molar-refractivity contribution in [1.82, 2.24) is 10.2 Å². The lowest BCUT2D eigenvalue weighted by atomic mass is 9.83. The minimum atomic E-state index is 0.109. The van der Waals surface area contributed by atoms with Gasteiger partial charge in [0.1, 0.15) is 0 Å². The molecule has 1 saturated heterocycles. The Bertz CT molecular complexity index is 448. The van der Waals surface area contributed by atoms with Gasteiger partial charge in [0.2, 0.25) is 0 Å². The Labute approximate surface area is 133 Å². The van der Waals surface area contributed by atoms with Crippen LogP contribution in [-0.2, 0) is 11.2 Å². The number of hydrogen-bond acceptors (Lipinski definition) is 3. The average Bonchev–Trinajstić information content (AvgIpc) is 2.54. The van der Waals surface area contributed by atoms with Crippen molar-refractivity contribution in [1.29, 1.82) is 0 Å². The van der Waals surface area contributed by atoms with Crippen molar-refractivity contribution in [3.05, 3.63) is 34.9 Å². The highest BCUT2D eigenvalue weighted by atomic mass is 35.5. The van der Waals surface area contributed by atoms with Gasteiger partial charge in [0.25, 0.3) is 0 Å². The standard InChI is InChI=1S/C17H27ClN2O/c1-4-17(2,20-9-11-21-12-10-20)16(19-3)13-14-7-5-6-8-15(14)18/h5-8,16,19H,4,9-13H2,1-3H3. The van der Waals surface area contributed by atoms with Crippen LogP contribution >= 0.6 is 11.6 Å². The van der Waals surface area contributed by atoms with Crippen LogP contribution in [0, 0.1) is 0 Å². The molecule has 1 aromatic carbocycles. The lowest BCUT2D eigenvalue weighted by molar-refractivity contribution is -0.0313. The normalized spacial score (nSPS) is 21.0. The van der Waals surface area contributed by atoms with E-state index in [4.69, 9.17) is 16.3 Å². The molecule has 0 saturated carbocycles. The van der Waals surface area contributed by atoms with E-state index >= 15 is 0 Å². The van der Waals surface area contributed by atoms with Gasteiger partial charge in [-0.3, -0.25) is 4.90 Å². The van der Waals surface area contributed by atoms with Crippen LogP contribution in [0.1, 0.15) is 25.8 Å². The van der Waals surface area contributed by atoms with Crippen molar-refractivity contribution < 1.29 is 4.74 Å². The molecular weight excluding hydrogens is 284 g/mol. The molecule has 1 aliphatic heterocycles. The molecule has 2 unspecified atom stereocenters. The quantitative estimate of drug-likeness (QED) is 0.874. The zero-order chi connectivity index (χ0) is 15.3. The van der Waals surface area contributed by atoms with Gasteiger partial charge in [0.15, 0.2) is 0 Å². The third-order valence-corrected chi connectivity index (χ3v) is 5.30. The molecule has 2 atom stereocenters. The molecule has 4 heteroatoms. The lowest BCUT2D eigenvalue weighted by Crippen LogP contribution is -2.62. The largest absolute Gasteiger partial charge is 0.379 e. The van der Waals surface area contributed by atoms with E-state index in [1.54, 1.807) is 0 Å². The lowest BCUT2D eigenvalue weighted by Gasteiger charge is -2.48. The number of ether oxygens (including phenoxy) is 1. The van der Waals surface area contributed by atoms with E-state index in [0.717, 1.165) is 44.2 Å². The van der Waals surface area contributed by atoms with Crippen molar-refractivity contribution >= 4 is 11.6 Å². The SMILES string of the molecule is CCC(C)(C(Cc1ccccc1Cl)NC)N1CCOCC1. The topological polar surface area (TPSA) is 24.5 Å². The first-order valence-corrected chi connectivity index (χ1v) is 8.23. The molecule has 1 aliphatic rings. The van der Waals surface area contributed by atoms with Crippen LogP contribution in [0.5, 0.6) is 0 Å². The summed E-state index contributed by atoms with van der Waals surface area (Å²) in [6, 6.07) is 8.51. The Morgan fingerprint density at radius 2 is 2.00 bits per heavy atom. The Kier molecular flexibility index (Phi) is 6.06. The van der Waals surface area contributed by atoms with Crippen molar-refractivity contribution in [2.75, 3.05) is 33.4 Å². The van der Waals surface area contributed by atoms with Gasteiger partial charge in [-0.25, -0.2) is 0 Å². The van der Waals surface area contributed by atoms with Crippen molar-refractivity contribution in [2.24, 2.45) is 0 Å². The maximum Gasteiger partial charge on any atom is 0.0594 e.